The third kappa shape index (κ3) is 2.38. The minimum Gasteiger partial charge on any atom is -0.351 e. The molecule has 2 fully saturated rings. The van der Waals surface area contributed by atoms with Gasteiger partial charge in [-0.05, 0) is 24.5 Å². The second-order valence-corrected chi connectivity index (χ2v) is 5.94. The molecule has 0 spiro atoms. The van der Waals surface area contributed by atoms with E-state index in [4.69, 9.17) is 4.52 Å². The van der Waals surface area contributed by atoms with Crippen molar-refractivity contribution in [1.29, 1.82) is 0 Å². The van der Waals surface area contributed by atoms with Gasteiger partial charge in [0.25, 0.3) is 5.91 Å². The Bertz CT molecular complexity index is 716. The molecule has 7 heteroatoms. The first-order valence-corrected chi connectivity index (χ1v) is 7.65. The molecule has 0 saturated carbocycles. The Balaban J connectivity index is 1.52. The Kier molecular flexibility index (Phi) is 3.33. The number of rotatable bonds is 2. The molecule has 7 nitrogen and oxygen atoms in total. The monoisotopic (exact) mass is 312 g/mol. The van der Waals surface area contributed by atoms with Gasteiger partial charge in [-0.2, -0.15) is 0 Å². The minimum absolute atomic E-state index is 0.0714. The van der Waals surface area contributed by atoms with Gasteiger partial charge in [0, 0.05) is 31.9 Å². The summed E-state index contributed by atoms with van der Waals surface area (Å²) in [6.45, 7) is 1.69. The van der Waals surface area contributed by atoms with Gasteiger partial charge in [0.15, 0.2) is 0 Å². The Morgan fingerprint density at radius 2 is 2.17 bits per heavy atom. The zero-order valence-corrected chi connectivity index (χ0v) is 12.5. The molecular formula is C16H16N4O3. The molecule has 0 aromatic carbocycles. The van der Waals surface area contributed by atoms with Gasteiger partial charge in [0.1, 0.15) is 0 Å². The van der Waals surface area contributed by atoms with Gasteiger partial charge in [-0.1, -0.05) is 5.16 Å². The predicted octanol–water partition coefficient (Wildman–Crippen LogP) is 1.19. The predicted molar refractivity (Wildman–Crippen MR) is 80.6 cm³/mol. The van der Waals surface area contributed by atoms with E-state index in [-0.39, 0.29) is 29.4 Å². The topological polar surface area (TPSA) is 79.5 Å². The van der Waals surface area contributed by atoms with Crippen LogP contribution in [0, 0.1) is 11.8 Å². The van der Waals surface area contributed by atoms with Crippen molar-refractivity contribution in [3.63, 3.8) is 0 Å². The van der Waals surface area contributed by atoms with E-state index in [0.717, 1.165) is 12.1 Å². The SMILES string of the molecule is O=C(c1ccno1)N1CC2CCN(c3cccnc3)C(=O)C2C1. The summed E-state index contributed by atoms with van der Waals surface area (Å²) >= 11 is 0. The summed E-state index contributed by atoms with van der Waals surface area (Å²) in [4.78, 5) is 32.7. The smallest absolute Gasteiger partial charge is 0.292 e. The summed E-state index contributed by atoms with van der Waals surface area (Å²) in [6, 6.07) is 5.26. The summed E-state index contributed by atoms with van der Waals surface area (Å²) in [5.74, 6) is 0.151. The lowest BCUT2D eigenvalue weighted by molar-refractivity contribution is -0.124. The number of likely N-dealkylation sites (tertiary alicyclic amines) is 1. The second kappa shape index (κ2) is 5.49. The molecule has 4 rings (SSSR count). The molecule has 2 atom stereocenters. The zero-order chi connectivity index (χ0) is 15.8. The van der Waals surface area contributed by atoms with E-state index in [1.165, 1.54) is 6.20 Å². The van der Waals surface area contributed by atoms with Crippen LogP contribution in [0.1, 0.15) is 17.0 Å². The zero-order valence-electron chi connectivity index (χ0n) is 12.5. The summed E-state index contributed by atoms with van der Waals surface area (Å²) in [5.41, 5.74) is 0.816. The average Bonchev–Trinajstić information content (AvgIpc) is 3.25. The number of pyridine rings is 1. The van der Waals surface area contributed by atoms with E-state index in [1.807, 2.05) is 12.1 Å². The van der Waals surface area contributed by atoms with Crippen LogP contribution in [0.4, 0.5) is 5.69 Å². The number of piperidine rings is 1. The maximum atomic E-state index is 12.8. The number of hydrogen-bond donors (Lipinski definition) is 0. The van der Waals surface area contributed by atoms with E-state index in [0.29, 0.717) is 19.6 Å². The van der Waals surface area contributed by atoms with Crippen molar-refractivity contribution in [2.75, 3.05) is 24.5 Å². The largest absolute Gasteiger partial charge is 0.351 e. The van der Waals surface area contributed by atoms with Crippen LogP contribution in [0.25, 0.3) is 0 Å². The fraction of sp³-hybridized carbons (Fsp3) is 0.375. The van der Waals surface area contributed by atoms with Crippen LogP contribution in [0.15, 0.2) is 41.3 Å². The summed E-state index contributed by atoms with van der Waals surface area (Å²) < 4.78 is 4.93. The highest BCUT2D eigenvalue weighted by molar-refractivity contribution is 5.97. The molecule has 0 radical (unpaired) electrons. The third-order valence-corrected chi connectivity index (χ3v) is 4.64. The fourth-order valence-corrected chi connectivity index (χ4v) is 3.47. The molecule has 23 heavy (non-hydrogen) atoms. The first kappa shape index (κ1) is 13.9. The molecule has 2 amide bonds. The Morgan fingerprint density at radius 1 is 1.26 bits per heavy atom. The molecular weight excluding hydrogens is 296 g/mol. The molecule has 0 bridgehead atoms. The quantitative estimate of drug-likeness (QED) is 0.832. The van der Waals surface area contributed by atoms with Crippen LogP contribution in [0.3, 0.4) is 0 Å². The first-order valence-electron chi connectivity index (χ1n) is 7.65. The molecule has 2 saturated heterocycles. The van der Waals surface area contributed by atoms with Gasteiger partial charge >= 0.3 is 0 Å². The maximum absolute atomic E-state index is 12.8. The van der Waals surface area contributed by atoms with Gasteiger partial charge in [0.2, 0.25) is 11.7 Å². The van der Waals surface area contributed by atoms with Crippen LogP contribution < -0.4 is 4.90 Å². The molecule has 2 unspecified atom stereocenters. The normalized spacial score (nSPS) is 23.9. The van der Waals surface area contributed by atoms with E-state index in [1.54, 1.807) is 28.3 Å². The van der Waals surface area contributed by atoms with Crippen LogP contribution in [-0.4, -0.2) is 46.5 Å². The number of carbonyl (C=O) groups is 2. The Labute approximate surface area is 132 Å². The van der Waals surface area contributed by atoms with Crippen molar-refractivity contribution in [1.82, 2.24) is 15.0 Å². The van der Waals surface area contributed by atoms with Crippen molar-refractivity contribution in [2.45, 2.75) is 6.42 Å². The maximum Gasteiger partial charge on any atom is 0.292 e. The minimum atomic E-state index is -0.197. The molecule has 2 aromatic heterocycles. The standard InChI is InChI=1S/C16H16N4O3/c21-15-13-10-19(16(22)14-3-6-18-23-14)9-11(13)4-7-20(15)12-2-1-5-17-8-12/h1-3,5-6,8,11,13H,4,7,9-10H2. The molecule has 0 aliphatic carbocycles. The molecule has 118 valence electrons. The van der Waals surface area contributed by atoms with Gasteiger partial charge in [0.05, 0.1) is 24.0 Å². The lowest BCUT2D eigenvalue weighted by atomic mass is 9.88. The summed E-state index contributed by atoms with van der Waals surface area (Å²) in [7, 11) is 0. The lowest BCUT2D eigenvalue weighted by Gasteiger charge is -2.33. The van der Waals surface area contributed by atoms with Crippen LogP contribution in [-0.2, 0) is 4.79 Å². The van der Waals surface area contributed by atoms with E-state index >= 15 is 0 Å². The number of hydrogen-bond acceptors (Lipinski definition) is 5. The Morgan fingerprint density at radius 3 is 2.91 bits per heavy atom. The number of carbonyl (C=O) groups excluding carboxylic acids is 2. The highest BCUT2D eigenvalue weighted by Gasteiger charge is 2.45. The van der Waals surface area contributed by atoms with E-state index in [2.05, 4.69) is 10.1 Å². The molecule has 2 aliphatic rings. The van der Waals surface area contributed by atoms with Gasteiger partial charge in [-0.25, -0.2) is 0 Å². The number of nitrogens with zero attached hydrogens (tertiary/aromatic N) is 4. The van der Waals surface area contributed by atoms with Crippen molar-refractivity contribution < 1.29 is 14.1 Å². The third-order valence-electron chi connectivity index (χ3n) is 4.64. The van der Waals surface area contributed by atoms with Crippen molar-refractivity contribution >= 4 is 17.5 Å². The highest BCUT2D eigenvalue weighted by Crippen LogP contribution is 2.34. The number of amides is 2. The number of aromatic nitrogens is 2. The number of fused-ring (bicyclic) bond motifs is 1. The summed E-state index contributed by atoms with van der Waals surface area (Å²) in [6.07, 6.45) is 5.72. The van der Waals surface area contributed by atoms with Crippen LogP contribution in [0.5, 0.6) is 0 Å². The molecule has 2 aliphatic heterocycles. The van der Waals surface area contributed by atoms with Gasteiger partial charge in [-0.15, -0.1) is 0 Å². The second-order valence-electron chi connectivity index (χ2n) is 5.94. The Hall–Kier alpha value is -2.70. The summed E-state index contributed by atoms with van der Waals surface area (Å²) in [5, 5.41) is 3.57. The van der Waals surface area contributed by atoms with E-state index < -0.39 is 0 Å². The fourth-order valence-electron chi connectivity index (χ4n) is 3.47. The molecule has 0 N–H and O–H groups in total. The van der Waals surface area contributed by atoms with Crippen molar-refractivity contribution in [3.05, 3.63) is 42.5 Å². The van der Waals surface area contributed by atoms with Gasteiger partial charge in [-0.3, -0.25) is 14.6 Å². The van der Waals surface area contributed by atoms with Gasteiger partial charge < -0.3 is 14.3 Å². The average molecular weight is 312 g/mol. The molecule has 2 aromatic rings. The van der Waals surface area contributed by atoms with Crippen molar-refractivity contribution in [2.24, 2.45) is 11.8 Å². The first-order chi connectivity index (χ1) is 11.2. The van der Waals surface area contributed by atoms with E-state index in [9.17, 15) is 9.59 Å². The van der Waals surface area contributed by atoms with Crippen LogP contribution in [0.2, 0.25) is 0 Å². The van der Waals surface area contributed by atoms with Crippen LogP contribution >= 0.6 is 0 Å². The number of anilines is 1. The van der Waals surface area contributed by atoms with Crippen molar-refractivity contribution in [3.8, 4) is 0 Å². The highest BCUT2D eigenvalue weighted by atomic mass is 16.5. The molecule has 4 heterocycles. The lowest BCUT2D eigenvalue weighted by Crippen LogP contribution is -2.45.